The summed E-state index contributed by atoms with van der Waals surface area (Å²) in [5, 5.41) is 14.0. The Morgan fingerprint density at radius 1 is 1.06 bits per heavy atom. The van der Waals surface area contributed by atoms with Crippen LogP contribution in [0.2, 0.25) is 10.0 Å². The van der Waals surface area contributed by atoms with Crippen molar-refractivity contribution in [1.29, 1.82) is 0 Å². The minimum absolute atomic E-state index is 0.00395. The van der Waals surface area contributed by atoms with Gasteiger partial charge in [-0.1, -0.05) is 41.4 Å². The fourth-order valence-electron chi connectivity index (χ4n) is 4.59. The van der Waals surface area contributed by atoms with Gasteiger partial charge in [0.15, 0.2) is 5.54 Å². The highest BCUT2D eigenvalue weighted by Crippen LogP contribution is 2.47. The van der Waals surface area contributed by atoms with Gasteiger partial charge in [0.05, 0.1) is 12.6 Å². The van der Waals surface area contributed by atoms with Gasteiger partial charge >= 0.3 is 6.16 Å². The summed E-state index contributed by atoms with van der Waals surface area (Å²) in [4.78, 5) is 25.5. The van der Waals surface area contributed by atoms with Crippen molar-refractivity contribution < 1.29 is 24.2 Å². The number of fused-ring (bicyclic) bond motifs is 2. The largest absolute Gasteiger partial charge is 0.512 e. The van der Waals surface area contributed by atoms with E-state index in [0.717, 1.165) is 5.56 Å². The molecule has 7 nitrogen and oxygen atoms in total. The zero-order valence-corrected chi connectivity index (χ0v) is 19.4. The van der Waals surface area contributed by atoms with Gasteiger partial charge in [-0.25, -0.2) is 4.79 Å². The number of aromatic nitrogens is 1. The number of carboxylic acid groups (broad SMARTS) is 1. The van der Waals surface area contributed by atoms with Crippen molar-refractivity contribution in [2.45, 2.75) is 12.0 Å². The van der Waals surface area contributed by atoms with Gasteiger partial charge in [-0.3, -0.25) is 9.36 Å². The molecule has 0 radical (unpaired) electrons. The lowest BCUT2D eigenvalue weighted by molar-refractivity contribution is -0.121. The molecule has 1 aliphatic rings. The third kappa shape index (κ3) is 3.54. The molecule has 172 valence electrons. The van der Waals surface area contributed by atoms with Crippen LogP contribution < -0.4 is 14.8 Å². The highest BCUT2D eigenvalue weighted by atomic mass is 35.5. The second-order valence-electron chi connectivity index (χ2n) is 7.92. The first-order chi connectivity index (χ1) is 16.3. The van der Waals surface area contributed by atoms with Gasteiger partial charge in [0, 0.05) is 45.2 Å². The lowest BCUT2D eigenvalue weighted by Gasteiger charge is -2.32. The van der Waals surface area contributed by atoms with E-state index in [2.05, 4.69) is 5.32 Å². The van der Waals surface area contributed by atoms with E-state index in [1.807, 2.05) is 6.07 Å². The number of hydrogen-bond acceptors (Lipinski definition) is 4. The standard InChI is InChI=1S/C25H18Cl2N2O5/c1-33-18-7-5-15-10-22(34-24(31)32)29(21(15)12-18)25(13-14-3-2-4-16(26)9-14)19-8-6-17(27)11-20(19)28-23(25)30/h2-12H,13H2,1H3,(H,28,30)(H,31,32). The first-order valence-electron chi connectivity index (χ1n) is 10.3. The van der Waals surface area contributed by atoms with Gasteiger partial charge in [-0.05, 0) is 42.0 Å². The molecule has 0 fully saturated rings. The van der Waals surface area contributed by atoms with Crippen molar-refractivity contribution in [3.63, 3.8) is 0 Å². The smallest absolute Gasteiger partial charge is 0.497 e. The summed E-state index contributed by atoms with van der Waals surface area (Å²) >= 11 is 12.5. The van der Waals surface area contributed by atoms with Crippen LogP contribution in [0.3, 0.4) is 0 Å². The van der Waals surface area contributed by atoms with Crippen LogP contribution in [0.4, 0.5) is 10.5 Å². The van der Waals surface area contributed by atoms with Gasteiger partial charge in [-0.2, -0.15) is 0 Å². The van der Waals surface area contributed by atoms with E-state index >= 15 is 0 Å². The molecule has 0 aliphatic carbocycles. The van der Waals surface area contributed by atoms with E-state index in [1.54, 1.807) is 65.2 Å². The zero-order chi connectivity index (χ0) is 24.0. The number of carbonyl (C=O) groups is 2. The lowest BCUT2D eigenvalue weighted by Crippen LogP contribution is -2.44. The van der Waals surface area contributed by atoms with Crippen LogP contribution >= 0.6 is 23.2 Å². The molecule has 4 aromatic rings. The van der Waals surface area contributed by atoms with Crippen LogP contribution in [0.5, 0.6) is 11.6 Å². The molecule has 34 heavy (non-hydrogen) atoms. The Labute approximate surface area is 204 Å². The molecule has 1 aliphatic heterocycles. The van der Waals surface area contributed by atoms with Crippen LogP contribution in [-0.4, -0.2) is 28.8 Å². The lowest BCUT2D eigenvalue weighted by atomic mass is 9.84. The van der Waals surface area contributed by atoms with Crippen molar-refractivity contribution in [1.82, 2.24) is 4.57 Å². The maximum absolute atomic E-state index is 13.8. The number of carbonyl (C=O) groups excluding carboxylic acids is 1. The maximum atomic E-state index is 13.8. The Morgan fingerprint density at radius 3 is 2.59 bits per heavy atom. The van der Waals surface area contributed by atoms with E-state index in [1.165, 1.54) is 7.11 Å². The predicted molar refractivity (Wildman–Crippen MR) is 129 cm³/mol. The summed E-state index contributed by atoms with van der Waals surface area (Å²) in [5.41, 5.74) is 1.10. The second-order valence-corrected chi connectivity index (χ2v) is 8.79. The molecule has 1 amide bonds. The minimum Gasteiger partial charge on any atom is -0.497 e. The number of hydrogen-bond donors (Lipinski definition) is 2. The first-order valence-corrected chi connectivity index (χ1v) is 11.0. The number of anilines is 1. The Balaban J connectivity index is 1.87. The SMILES string of the molecule is COc1ccc2cc(OC(=O)O)n(C3(Cc4cccc(Cl)c4)C(=O)Nc4cc(Cl)ccc43)c2c1. The molecule has 1 atom stereocenters. The molecule has 3 aromatic carbocycles. The number of methoxy groups -OCH3 is 1. The monoisotopic (exact) mass is 496 g/mol. The minimum atomic E-state index is -1.50. The Morgan fingerprint density at radius 2 is 1.85 bits per heavy atom. The summed E-state index contributed by atoms with van der Waals surface area (Å²) < 4.78 is 12.2. The summed E-state index contributed by atoms with van der Waals surface area (Å²) in [5.74, 6) is 0.178. The van der Waals surface area contributed by atoms with Gasteiger partial charge in [-0.15, -0.1) is 0 Å². The van der Waals surface area contributed by atoms with Gasteiger partial charge < -0.3 is 19.9 Å². The van der Waals surface area contributed by atoms with Crippen LogP contribution in [0.25, 0.3) is 10.9 Å². The second kappa shape index (κ2) is 8.27. The average molecular weight is 497 g/mol. The molecule has 2 heterocycles. The van der Waals surface area contributed by atoms with Crippen LogP contribution in [0.1, 0.15) is 11.1 Å². The van der Waals surface area contributed by atoms with Gasteiger partial charge in [0.2, 0.25) is 5.88 Å². The summed E-state index contributed by atoms with van der Waals surface area (Å²) in [6.07, 6.45) is -1.32. The molecule has 1 unspecified atom stereocenters. The normalized spacial score (nSPS) is 16.9. The average Bonchev–Trinajstić information content (AvgIpc) is 3.26. The molecule has 0 bridgehead atoms. The molecule has 0 saturated heterocycles. The molecular weight excluding hydrogens is 479 g/mol. The Kier molecular flexibility index (Phi) is 5.38. The fraction of sp³-hybridized carbons (Fsp3) is 0.120. The number of nitrogens with zero attached hydrogens (tertiary/aromatic N) is 1. The quantitative estimate of drug-likeness (QED) is 0.333. The number of nitrogens with one attached hydrogen (secondary N) is 1. The molecule has 0 saturated carbocycles. The van der Waals surface area contributed by atoms with Crippen molar-refractivity contribution >= 4 is 51.9 Å². The maximum Gasteiger partial charge on any atom is 0.512 e. The molecular formula is C25H18Cl2N2O5. The molecule has 1 aromatic heterocycles. The number of halogens is 2. The number of amides is 1. The highest BCUT2D eigenvalue weighted by Gasteiger charge is 2.50. The third-order valence-electron chi connectivity index (χ3n) is 5.95. The number of rotatable bonds is 5. The number of ether oxygens (including phenoxy) is 2. The van der Waals surface area contributed by atoms with Crippen LogP contribution in [0, 0.1) is 0 Å². The van der Waals surface area contributed by atoms with E-state index in [0.29, 0.717) is 37.9 Å². The summed E-state index contributed by atoms with van der Waals surface area (Å²) in [6, 6.07) is 19.2. The van der Waals surface area contributed by atoms with E-state index < -0.39 is 11.7 Å². The van der Waals surface area contributed by atoms with Crippen LogP contribution in [-0.2, 0) is 16.8 Å². The topological polar surface area (TPSA) is 89.8 Å². The molecule has 9 heteroatoms. The predicted octanol–water partition coefficient (Wildman–Crippen LogP) is 5.95. The molecule has 2 N–H and O–H groups in total. The third-order valence-corrected chi connectivity index (χ3v) is 6.42. The number of benzene rings is 3. The van der Waals surface area contributed by atoms with Crippen molar-refractivity contribution in [3.05, 3.63) is 87.9 Å². The van der Waals surface area contributed by atoms with Crippen molar-refractivity contribution in [2.75, 3.05) is 12.4 Å². The Bertz CT molecular complexity index is 1470. The van der Waals surface area contributed by atoms with E-state index in [4.69, 9.17) is 32.7 Å². The fourth-order valence-corrected chi connectivity index (χ4v) is 4.97. The van der Waals surface area contributed by atoms with Crippen molar-refractivity contribution in [3.8, 4) is 11.6 Å². The van der Waals surface area contributed by atoms with Gasteiger partial charge in [0.25, 0.3) is 5.91 Å². The highest BCUT2D eigenvalue weighted by molar-refractivity contribution is 6.31. The van der Waals surface area contributed by atoms with Crippen LogP contribution in [0.15, 0.2) is 66.7 Å². The summed E-state index contributed by atoms with van der Waals surface area (Å²) in [6.45, 7) is 0. The van der Waals surface area contributed by atoms with E-state index in [9.17, 15) is 14.7 Å². The molecule has 5 rings (SSSR count). The van der Waals surface area contributed by atoms with Crippen molar-refractivity contribution in [2.24, 2.45) is 0 Å². The summed E-state index contributed by atoms with van der Waals surface area (Å²) in [7, 11) is 1.53. The zero-order valence-electron chi connectivity index (χ0n) is 17.8. The van der Waals surface area contributed by atoms with E-state index in [-0.39, 0.29) is 18.2 Å². The van der Waals surface area contributed by atoms with Gasteiger partial charge in [0.1, 0.15) is 5.75 Å². The first kappa shape index (κ1) is 22.1. The molecule has 0 spiro atoms. The Hall–Kier alpha value is -3.68.